The fraction of sp³-hybridized carbons (Fsp3) is 0.188. The van der Waals surface area contributed by atoms with Gasteiger partial charge in [-0.1, -0.05) is 17.7 Å². The molecule has 2 aromatic carbocycles. The number of rotatable bonds is 2. The van der Waals surface area contributed by atoms with Crippen LogP contribution < -0.4 is 10.6 Å². The lowest BCUT2D eigenvalue weighted by molar-refractivity contribution is 0.102. The number of hydrogen-bond acceptors (Lipinski definition) is 2. The average Bonchev–Trinajstić information content (AvgIpc) is 2.85. The van der Waals surface area contributed by atoms with E-state index in [1.807, 2.05) is 31.2 Å². The first-order valence-electron chi connectivity index (χ1n) is 6.58. The second-order valence-corrected chi connectivity index (χ2v) is 5.39. The summed E-state index contributed by atoms with van der Waals surface area (Å²) in [7, 11) is 0. The van der Waals surface area contributed by atoms with Crippen molar-refractivity contribution in [2.75, 3.05) is 17.2 Å². The highest BCUT2D eigenvalue weighted by Crippen LogP contribution is 2.26. The summed E-state index contributed by atoms with van der Waals surface area (Å²) >= 11 is 6.11. The summed E-state index contributed by atoms with van der Waals surface area (Å²) in [6.07, 6.45) is 0.990. The first-order valence-corrected chi connectivity index (χ1v) is 6.95. The molecule has 1 aliphatic heterocycles. The fourth-order valence-corrected chi connectivity index (χ4v) is 2.71. The Morgan fingerprint density at radius 1 is 1.25 bits per heavy atom. The normalized spacial score (nSPS) is 12.7. The molecule has 0 unspecified atom stereocenters. The minimum absolute atomic E-state index is 0.180. The van der Waals surface area contributed by atoms with Gasteiger partial charge in [0.25, 0.3) is 5.91 Å². The summed E-state index contributed by atoms with van der Waals surface area (Å²) in [4.78, 5) is 12.2. The minimum atomic E-state index is -0.180. The van der Waals surface area contributed by atoms with Crippen molar-refractivity contribution < 1.29 is 4.79 Å². The van der Waals surface area contributed by atoms with Crippen molar-refractivity contribution in [3.63, 3.8) is 0 Å². The van der Waals surface area contributed by atoms with Gasteiger partial charge in [-0.15, -0.1) is 0 Å². The van der Waals surface area contributed by atoms with E-state index in [2.05, 4.69) is 10.6 Å². The highest BCUT2D eigenvalue weighted by atomic mass is 35.5. The molecule has 1 aliphatic rings. The molecule has 102 valence electrons. The molecule has 20 heavy (non-hydrogen) atoms. The Morgan fingerprint density at radius 3 is 2.90 bits per heavy atom. The van der Waals surface area contributed by atoms with Crippen molar-refractivity contribution in [3.05, 3.63) is 58.1 Å². The van der Waals surface area contributed by atoms with E-state index < -0.39 is 0 Å². The third-order valence-corrected chi connectivity index (χ3v) is 3.75. The van der Waals surface area contributed by atoms with Crippen molar-refractivity contribution in [1.82, 2.24) is 0 Å². The van der Waals surface area contributed by atoms with Gasteiger partial charge in [0.2, 0.25) is 0 Å². The molecule has 2 aromatic rings. The summed E-state index contributed by atoms with van der Waals surface area (Å²) in [5.74, 6) is -0.180. The molecular weight excluding hydrogens is 272 g/mol. The van der Waals surface area contributed by atoms with Gasteiger partial charge in [0.15, 0.2) is 0 Å². The lowest BCUT2D eigenvalue weighted by Gasteiger charge is -2.09. The zero-order valence-electron chi connectivity index (χ0n) is 11.2. The molecule has 3 rings (SSSR count). The van der Waals surface area contributed by atoms with Gasteiger partial charge in [-0.3, -0.25) is 4.79 Å². The molecule has 0 atom stereocenters. The maximum absolute atomic E-state index is 12.2. The quantitative estimate of drug-likeness (QED) is 0.880. The minimum Gasteiger partial charge on any atom is -0.384 e. The van der Waals surface area contributed by atoms with Gasteiger partial charge >= 0.3 is 0 Å². The van der Waals surface area contributed by atoms with Gasteiger partial charge in [0, 0.05) is 17.9 Å². The Kier molecular flexibility index (Phi) is 3.36. The number of amides is 1. The molecule has 1 heterocycles. The van der Waals surface area contributed by atoms with E-state index in [0.717, 1.165) is 29.9 Å². The first kappa shape index (κ1) is 13.0. The Bertz CT molecular complexity index is 682. The van der Waals surface area contributed by atoms with Gasteiger partial charge < -0.3 is 10.6 Å². The molecule has 1 amide bonds. The average molecular weight is 287 g/mol. The molecular formula is C16H15ClN2O. The van der Waals surface area contributed by atoms with Crippen LogP contribution in [-0.4, -0.2) is 12.5 Å². The molecule has 4 heteroatoms. The van der Waals surface area contributed by atoms with Crippen molar-refractivity contribution in [2.45, 2.75) is 13.3 Å². The van der Waals surface area contributed by atoms with Crippen molar-refractivity contribution >= 4 is 28.9 Å². The SMILES string of the molecule is Cc1ccc(C(=O)Nc2ccc3c(c2)CCN3)c(Cl)c1. The Morgan fingerprint density at radius 2 is 2.10 bits per heavy atom. The van der Waals surface area contributed by atoms with E-state index in [0.29, 0.717) is 10.6 Å². The summed E-state index contributed by atoms with van der Waals surface area (Å²) in [6.45, 7) is 2.90. The van der Waals surface area contributed by atoms with Crippen LogP contribution in [0.5, 0.6) is 0 Å². The first-order chi connectivity index (χ1) is 9.63. The maximum Gasteiger partial charge on any atom is 0.257 e. The lowest BCUT2D eigenvalue weighted by Crippen LogP contribution is -2.12. The summed E-state index contributed by atoms with van der Waals surface area (Å²) in [5, 5.41) is 6.67. The predicted octanol–water partition coefficient (Wildman–Crippen LogP) is 3.87. The molecule has 0 aromatic heterocycles. The van der Waals surface area contributed by atoms with Crippen LogP contribution in [0.3, 0.4) is 0 Å². The van der Waals surface area contributed by atoms with Gasteiger partial charge in [-0.05, 0) is 54.8 Å². The second kappa shape index (κ2) is 5.17. The van der Waals surface area contributed by atoms with Crippen molar-refractivity contribution in [1.29, 1.82) is 0 Å². The van der Waals surface area contributed by atoms with Crippen molar-refractivity contribution in [3.8, 4) is 0 Å². The number of halogens is 1. The highest BCUT2D eigenvalue weighted by Gasteiger charge is 2.13. The second-order valence-electron chi connectivity index (χ2n) is 4.99. The smallest absolute Gasteiger partial charge is 0.257 e. The summed E-state index contributed by atoms with van der Waals surface area (Å²) < 4.78 is 0. The number of benzene rings is 2. The highest BCUT2D eigenvalue weighted by molar-refractivity contribution is 6.34. The van der Waals surface area contributed by atoms with Gasteiger partial charge in [-0.25, -0.2) is 0 Å². The van der Waals surface area contributed by atoms with Crippen LogP contribution >= 0.6 is 11.6 Å². The van der Waals surface area contributed by atoms with Crippen molar-refractivity contribution in [2.24, 2.45) is 0 Å². The van der Waals surface area contributed by atoms with Crippen LogP contribution in [0.25, 0.3) is 0 Å². The molecule has 0 radical (unpaired) electrons. The zero-order valence-corrected chi connectivity index (χ0v) is 11.9. The molecule has 3 nitrogen and oxygen atoms in total. The molecule has 0 saturated carbocycles. The standard InChI is InChI=1S/C16H15ClN2O/c1-10-2-4-13(14(17)8-10)16(20)19-12-3-5-15-11(9-12)6-7-18-15/h2-5,8-9,18H,6-7H2,1H3,(H,19,20). The fourth-order valence-electron chi connectivity index (χ4n) is 2.39. The van der Waals surface area contributed by atoms with Crippen LogP contribution in [-0.2, 0) is 6.42 Å². The number of aryl methyl sites for hydroxylation is 1. The maximum atomic E-state index is 12.2. The van der Waals surface area contributed by atoms with E-state index in [1.54, 1.807) is 12.1 Å². The van der Waals surface area contributed by atoms with Crippen LogP contribution in [0, 0.1) is 6.92 Å². The predicted molar refractivity (Wildman–Crippen MR) is 82.8 cm³/mol. The number of hydrogen-bond donors (Lipinski definition) is 2. The van der Waals surface area contributed by atoms with Crippen LogP contribution in [0.1, 0.15) is 21.5 Å². The Hall–Kier alpha value is -2.00. The molecule has 2 N–H and O–H groups in total. The third-order valence-electron chi connectivity index (χ3n) is 3.44. The molecule has 0 aliphatic carbocycles. The van der Waals surface area contributed by atoms with E-state index in [4.69, 9.17) is 11.6 Å². The largest absolute Gasteiger partial charge is 0.384 e. The summed E-state index contributed by atoms with van der Waals surface area (Å²) in [5.41, 5.74) is 4.72. The van der Waals surface area contributed by atoms with E-state index in [-0.39, 0.29) is 5.91 Å². The van der Waals surface area contributed by atoms with Gasteiger partial charge in [0.1, 0.15) is 0 Å². The molecule has 0 fully saturated rings. The van der Waals surface area contributed by atoms with E-state index in [9.17, 15) is 4.79 Å². The Balaban J connectivity index is 1.82. The lowest BCUT2D eigenvalue weighted by atomic mass is 10.1. The Labute approximate surface area is 123 Å². The van der Waals surface area contributed by atoms with Gasteiger partial charge in [0.05, 0.1) is 10.6 Å². The molecule has 0 saturated heterocycles. The van der Waals surface area contributed by atoms with Crippen LogP contribution in [0.4, 0.5) is 11.4 Å². The van der Waals surface area contributed by atoms with E-state index >= 15 is 0 Å². The molecule has 0 spiro atoms. The van der Waals surface area contributed by atoms with Crippen LogP contribution in [0.15, 0.2) is 36.4 Å². The number of fused-ring (bicyclic) bond motifs is 1. The number of nitrogens with one attached hydrogen (secondary N) is 2. The van der Waals surface area contributed by atoms with Crippen LogP contribution in [0.2, 0.25) is 5.02 Å². The number of carbonyl (C=O) groups excluding carboxylic acids is 1. The number of anilines is 2. The van der Waals surface area contributed by atoms with Gasteiger partial charge in [-0.2, -0.15) is 0 Å². The third kappa shape index (κ3) is 2.49. The summed E-state index contributed by atoms with van der Waals surface area (Å²) in [6, 6.07) is 11.3. The number of carbonyl (C=O) groups is 1. The topological polar surface area (TPSA) is 41.1 Å². The molecule has 0 bridgehead atoms. The monoisotopic (exact) mass is 286 g/mol. The van der Waals surface area contributed by atoms with E-state index in [1.165, 1.54) is 5.56 Å². The zero-order chi connectivity index (χ0) is 14.1.